The molecule has 9 aromatic rings. The van der Waals surface area contributed by atoms with Crippen molar-refractivity contribution in [2.24, 2.45) is 0 Å². The molecule has 0 unspecified atom stereocenters. The lowest BCUT2D eigenvalue weighted by Crippen LogP contribution is -2.18. The van der Waals surface area contributed by atoms with Crippen LogP contribution in [-0.2, 0) is 6.42 Å². The van der Waals surface area contributed by atoms with E-state index in [0.29, 0.717) is 0 Å². The Kier molecular flexibility index (Phi) is 7.67. The topological polar surface area (TPSA) is 8.17 Å². The van der Waals surface area contributed by atoms with Gasteiger partial charge in [-0.2, -0.15) is 0 Å². The molecule has 0 aliphatic heterocycles. The van der Waals surface area contributed by atoms with E-state index in [9.17, 15) is 0 Å². The van der Waals surface area contributed by atoms with Crippen molar-refractivity contribution in [1.82, 2.24) is 4.57 Å². The van der Waals surface area contributed by atoms with Gasteiger partial charge in [0.05, 0.1) is 5.52 Å². The number of thiophene rings is 1. The van der Waals surface area contributed by atoms with Crippen LogP contribution in [0.4, 0.5) is 11.4 Å². The first-order chi connectivity index (χ1) is 27.2. The Labute approximate surface area is 325 Å². The summed E-state index contributed by atoms with van der Waals surface area (Å²) in [5.74, 6) is 0. The van der Waals surface area contributed by atoms with Gasteiger partial charge < -0.3 is 9.47 Å². The number of hydrogen-bond acceptors (Lipinski definition) is 2. The summed E-state index contributed by atoms with van der Waals surface area (Å²) in [7, 11) is 0. The molecule has 0 amide bonds. The molecule has 2 heterocycles. The summed E-state index contributed by atoms with van der Waals surface area (Å²) in [5.41, 5.74) is 14.4. The predicted octanol–water partition coefficient (Wildman–Crippen LogP) is 14.6. The Balaban J connectivity index is 0.985. The molecule has 2 aliphatic carbocycles. The van der Waals surface area contributed by atoms with Crippen molar-refractivity contribution in [2.75, 3.05) is 4.90 Å². The van der Waals surface area contributed by atoms with E-state index >= 15 is 0 Å². The van der Waals surface area contributed by atoms with E-state index in [1.807, 2.05) is 11.3 Å². The Morgan fingerprint density at radius 3 is 2.04 bits per heavy atom. The average molecular weight is 723 g/mol. The van der Waals surface area contributed by atoms with Crippen LogP contribution in [0.2, 0.25) is 0 Å². The first-order valence-electron chi connectivity index (χ1n) is 19.3. The van der Waals surface area contributed by atoms with Crippen molar-refractivity contribution in [3.8, 4) is 16.8 Å². The molecular weight excluding hydrogens is 685 g/mol. The van der Waals surface area contributed by atoms with E-state index in [1.165, 1.54) is 98.1 Å². The van der Waals surface area contributed by atoms with Gasteiger partial charge in [-0.25, -0.2) is 0 Å². The van der Waals surface area contributed by atoms with Crippen molar-refractivity contribution in [3.05, 3.63) is 204 Å². The Morgan fingerprint density at radius 2 is 1.18 bits per heavy atom. The van der Waals surface area contributed by atoms with Gasteiger partial charge >= 0.3 is 0 Å². The molecule has 0 radical (unpaired) electrons. The normalized spacial score (nSPS) is 14.2. The van der Waals surface area contributed by atoms with Gasteiger partial charge in [0.15, 0.2) is 0 Å². The highest BCUT2D eigenvalue weighted by molar-refractivity contribution is 7.25. The maximum absolute atomic E-state index is 2.51. The van der Waals surface area contributed by atoms with Gasteiger partial charge in [-0.05, 0) is 125 Å². The average Bonchev–Trinajstić information content (AvgIpc) is 3.80. The fourth-order valence-corrected chi connectivity index (χ4v) is 10.0. The van der Waals surface area contributed by atoms with Crippen LogP contribution in [0.5, 0.6) is 0 Å². The minimum absolute atomic E-state index is 0.970. The van der Waals surface area contributed by atoms with E-state index in [2.05, 4.69) is 191 Å². The maximum atomic E-state index is 2.51. The molecule has 0 spiro atoms. The summed E-state index contributed by atoms with van der Waals surface area (Å²) in [6.07, 6.45) is 11.3. The van der Waals surface area contributed by atoms with Crippen LogP contribution in [0, 0.1) is 0 Å². The molecule has 2 aliphatic rings. The van der Waals surface area contributed by atoms with E-state index in [-0.39, 0.29) is 0 Å². The first-order valence-corrected chi connectivity index (χ1v) is 20.2. The standard InChI is InChI=1S/C52H38N2S/c1-2-10-35(11-3-1)37-18-24-41(25-19-37)53(44-29-31-52-48(34-44)46-15-7-9-17-51(46)55-52)42-26-20-38(21-27-42)40-23-30-50-47(33-40)45-14-6-8-16-49(45)54(50)43-28-22-36-12-4-5-13-39(36)32-43/h1-20,22,24-26,28-29,31-34H,21,23,27,30H2. The van der Waals surface area contributed by atoms with Gasteiger partial charge in [0, 0.05) is 59.6 Å². The van der Waals surface area contributed by atoms with Crippen LogP contribution in [-0.4, -0.2) is 4.57 Å². The quantitative estimate of drug-likeness (QED) is 0.166. The largest absolute Gasteiger partial charge is 0.314 e. The van der Waals surface area contributed by atoms with Crippen LogP contribution in [0.15, 0.2) is 193 Å². The molecule has 7 aromatic carbocycles. The van der Waals surface area contributed by atoms with Crippen LogP contribution < -0.4 is 4.90 Å². The lowest BCUT2D eigenvalue weighted by molar-refractivity contribution is 0.822. The van der Waals surface area contributed by atoms with Gasteiger partial charge in [-0.15, -0.1) is 11.3 Å². The lowest BCUT2D eigenvalue weighted by atomic mass is 9.87. The molecule has 0 N–H and O–H groups in total. The minimum atomic E-state index is 0.970. The maximum Gasteiger partial charge on any atom is 0.0537 e. The molecule has 2 nitrogen and oxygen atoms in total. The first kappa shape index (κ1) is 32.0. The molecule has 0 saturated heterocycles. The molecule has 2 aromatic heterocycles. The summed E-state index contributed by atoms with van der Waals surface area (Å²) in [6.45, 7) is 0. The number of allylic oxidation sites excluding steroid dienone is 5. The number of nitrogens with zero attached hydrogens (tertiary/aromatic N) is 2. The number of anilines is 2. The third-order valence-corrected chi connectivity index (χ3v) is 12.8. The number of hydrogen-bond donors (Lipinski definition) is 0. The van der Waals surface area contributed by atoms with Crippen LogP contribution in [0.3, 0.4) is 0 Å². The number of fused-ring (bicyclic) bond motifs is 7. The zero-order chi connectivity index (χ0) is 36.3. The zero-order valence-corrected chi connectivity index (χ0v) is 31.3. The van der Waals surface area contributed by atoms with Gasteiger partial charge in [0.1, 0.15) is 0 Å². The zero-order valence-electron chi connectivity index (χ0n) is 30.5. The third-order valence-electron chi connectivity index (χ3n) is 11.6. The molecule has 11 rings (SSSR count). The predicted molar refractivity (Wildman–Crippen MR) is 236 cm³/mol. The highest BCUT2D eigenvalue weighted by atomic mass is 32.1. The van der Waals surface area contributed by atoms with Crippen molar-refractivity contribution in [1.29, 1.82) is 0 Å². The Bertz CT molecular complexity index is 3030. The highest BCUT2D eigenvalue weighted by Gasteiger charge is 2.25. The van der Waals surface area contributed by atoms with Crippen molar-refractivity contribution < 1.29 is 0 Å². The molecule has 0 saturated carbocycles. The Hall–Kier alpha value is -6.42. The molecule has 262 valence electrons. The molecule has 0 fully saturated rings. The van der Waals surface area contributed by atoms with Crippen LogP contribution in [0.1, 0.15) is 30.5 Å². The second kappa shape index (κ2) is 13.2. The highest BCUT2D eigenvalue weighted by Crippen LogP contribution is 2.43. The molecule has 3 heteroatoms. The molecular formula is C52H38N2S. The smallest absolute Gasteiger partial charge is 0.0537 e. The number of aromatic nitrogens is 1. The summed E-state index contributed by atoms with van der Waals surface area (Å²) < 4.78 is 5.17. The molecule has 55 heavy (non-hydrogen) atoms. The summed E-state index contributed by atoms with van der Waals surface area (Å²) in [6, 6.07) is 60.0. The van der Waals surface area contributed by atoms with Crippen LogP contribution >= 0.6 is 11.3 Å². The van der Waals surface area contributed by atoms with Gasteiger partial charge in [0.25, 0.3) is 0 Å². The number of benzene rings is 7. The fraction of sp³-hybridized carbons (Fsp3) is 0.0769. The minimum Gasteiger partial charge on any atom is -0.314 e. The van der Waals surface area contributed by atoms with Crippen molar-refractivity contribution in [2.45, 2.75) is 25.7 Å². The number of rotatable bonds is 6. The summed E-state index contributed by atoms with van der Waals surface area (Å²) in [4.78, 5) is 2.48. The SMILES string of the molecule is C1=C(C2=Cc3c(n(-c4ccc5ccccc5c4)c4ccccc34)CC2)CCC(N(c2ccc(-c3ccccc3)cc2)c2ccc3sc4ccccc4c3c2)=C1. The van der Waals surface area contributed by atoms with Gasteiger partial charge in [0.2, 0.25) is 0 Å². The van der Waals surface area contributed by atoms with E-state index in [1.54, 1.807) is 0 Å². The van der Waals surface area contributed by atoms with E-state index < -0.39 is 0 Å². The monoisotopic (exact) mass is 722 g/mol. The fourth-order valence-electron chi connectivity index (χ4n) is 8.94. The van der Waals surface area contributed by atoms with Gasteiger partial charge in [-0.1, -0.05) is 115 Å². The molecule has 0 atom stereocenters. The second-order valence-electron chi connectivity index (χ2n) is 14.8. The van der Waals surface area contributed by atoms with E-state index in [4.69, 9.17) is 0 Å². The summed E-state index contributed by atoms with van der Waals surface area (Å²) in [5, 5.41) is 6.53. The van der Waals surface area contributed by atoms with E-state index in [0.717, 1.165) is 25.7 Å². The second-order valence-corrected chi connectivity index (χ2v) is 15.9. The lowest BCUT2D eigenvalue weighted by Gasteiger charge is -2.31. The van der Waals surface area contributed by atoms with Gasteiger partial charge in [-0.3, -0.25) is 0 Å². The Morgan fingerprint density at radius 1 is 0.473 bits per heavy atom. The molecule has 0 bridgehead atoms. The van der Waals surface area contributed by atoms with Crippen molar-refractivity contribution >= 4 is 70.6 Å². The van der Waals surface area contributed by atoms with Crippen LogP contribution in [0.25, 0.3) is 64.7 Å². The number of para-hydroxylation sites is 1. The third kappa shape index (κ3) is 5.54. The van der Waals surface area contributed by atoms with Crippen molar-refractivity contribution in [3.63, 3.8) is 0 Å². The summed E-state index contributed by atoms with van der Waals surface area (Å²) >= 11 is 1.87.